The summed E-state index contributed by atoms with van der Waals surface area (Å²) < 4.78 is 0. The number of hydrogen-bond donors (Lipinski definition) is 0. The van der Waals surface area contributed by atoms with Crippen LogP contribution >= 0.6 is 0 Å². The molecule has 2 heteroatoms. The lowest BCUT2D eigenvalue weighted by molar-refractivity contribution is 0.193. The highest BCUT2D eigenvalue weighted by atomic mass is 15.2. The number of hydrogen-bond acceptors (Lipinski definition) is 2. The van der Waals surface area contributed by atoms with Crippen LogP contribution in [0.4, 0.5) is 0 Å². The summed E-state index contributed by atoms with van der Waals surface area (Å²) in [7, 11) is 0. The predicted octanol–water partition coefficient (Wildman–Crippen LogP) is 10.6. The Labute approximate surface area is 298 Å². The molecule has 250 valence electrons. The van der Waals surface area contributed by atoms with E-state index in [9.17, 15) is 0 Å². The summed E-state index contributed by atoms with van der Waals surface area (Å²) in [5.74, 6) is 2.52. The highest BCUT2D eigenvalue weighted by Gasteiger charge is 2.50. The zero-order valence-corrected chi connectivity index (χ0v) is 29.1. The molecule has 0 amide bonds. The normalized spacial score (nSPS) is 37.4. The number of fused-ring (bicyclic) bond motifs is 10. The van der Waals surface area contributed by atoms with E-state index in [1.54, 1.807) is 39.3 Å². The SMILES string of the molecule is C1=CC2C3=C(CC(N4C5C=CC=CC5C5C=C(C6CC=C7C8=C(CCC=C8)N(C8=CCCCC8)C7C6)C=CC54)C=C3)c3ccccc3C2C=C1. The van der Waals surface area contributed by atoms with Crippen molar-refractivity contribution >= 4 is 5.57 Å². The first kappa shape index (κ1) is 29.6. The number of allylic oxidation sites excluding steroid dienone is 16. The molecule has 2 nitrogen and oxygen atoms in total. The van der Waals surface area contributed by atoms with E-state index in [1.807, 2.05) is 0 Å². The first-order valence-corrected chi connectivity index (χ1v) is 19.8. The van der Waals surface area contributed by atoms with Crippen LogP contribution in [0.5, 0.6) is 0 Å². The number of likely N-dealkylation sites (tertiary alicyclic amines) is 1. The van der Waals surface area contributed by atoms with Crippen LogP contribution in [0.25, 0.3) is 5.57 Å². The number of nitrogens with zero attached hydrogens (tertiary/aromatic N) is 2. The summed E-state index contributed by atoms with van der Waals surface area (Å²) >= 11 is 0. The van der Waals surface area contributed by atoms with Crippen LogP contribution in [0.15, 0.2) is 161 Å². The summed E-state index contributed by atoms with van der Waals surface area (Å²) in [6, 6.07) is 11.0. The Morgan fingerprint density at radius 2 is 1.60 bits per heavy atom. The molecule has 10 aliphatic rings. The van der Waals surface area contributed by atoms with Gasteiger partial charge in [-0.25, -0.2) is 0 Å². The topological polar surface area (TPSA) is 6.48 Å². The Hall–Kier alpha value is -4.14. The fraction of sp³-hybridized carbons (Fsp3) is 0.375. The van der Waals surface area contributed by atoms with Crippen LogP contribution in [-0.4, -0.2) is 34.0 Å². The van der Waals surface area contributed by atoms with E-state index in [0.717, 1.165) is 12.8 Å². The molecule has 1 aromatic carbocycles. The first-order chi connectivity index (χ1) is 24.8. The molecule has 50 heavy (non-hydrogen) atoms. The average Bonchev–Trinajstić information content (AvgIpc) is 3.70. The van der Waals surface area contributed by atoms with E-state index in [2.05, 4.69) is 137 Å². The van der Waals surface area contributed by atoms with Crippen molar-refractivity contribution in [3.05, 3.63) is 172 Å². The third kappa shape index (κ3) is 4.43. The molecule has 0 aromatic heterocycles. The van der Waals surface area contributed by atoms with E-state index in [0.29, 0.717) is 53.8 Å². The highest BCUT2D eigenvalue weighted by Crippen LogP contribution is 2.53. The van der Waals surface area contributed by atoms with Crippen molar-refractivity contribution in [2.24, 2.45) is 23.7 Å². The average molecular weight is 653 g/mol. The lowest BCUT2D eigenvalue weighted by Gasteiger charge is -2.42. The molecule has 9 atom stereocenters. The van der Waals surface area contributed by atoms with Gasteiger partial charge in [-0.05, 0) is 103 Å². The van der Waals surface area contributed by atoms with Gasteiger partial charge in [0.05, 0.1) is 6.04 Å². The van der Waals surface area contributed by atoms with E-state index < -0.39 is 0 Å². The van der Waals surface area contributed by atoms with Crippen LogP contribution in [-0.2, 0) is 0 Å². The molecule has 1 fully saturated rings. The van der Waals surface area contributed by atoms with Crippen LogP contribution in [0, 0.1) is 23.7 Å². The molecule has 11 rings (SSSR count). The van der Waals surface area contributed by atoms with Crippen molar-refractivity contribution in [2.45, 2.75) is 87.9 Å². The second-order valence-electron chi connectivity index (χ2n) is 16.3. The molecule has 2 heterocycles. The van der Waals surface area contributed by atoms with Gasteiger partial charge in [0.1, 0.15) is 0 Å². The molecular formula is C48H48N2. The second-order valence-corrected chi connectivity index (χ2v) is 16.3. The molecule has 9 unspecified atom stereocenters. The Kier molecular flexibility index (Phi) is 6.92. The first-order valence-electron chi connectivity index (χ1n) is 19.8. The van der Waals surface area contributed by atoms with E-state index >= 15 is 0 Å². The van der Waals surface area contributed by atoms with Gasteiger partial charge in [0, 0.05) is 53.2 Å². The van der Waals surface area contributed by atoms with Crippen molar-refractivity contribution in [3.8, 4) is 0 Å². The molecule has 2 aliphatic heterocycles. The Bertz CT molecular complexity index is 2010. The Morgan fingerprint density at radius 1 is 0.720 bits per heavy atom. The predicted molar refractivity (Wildman–Crippen MR) is 206 cm³/mol. The number of benzene rings is 1. The molecule has 0 radical (unpaired) electrons. The molecule has 8 aliphatic carbocycles. The molecule has 1 aromatic rings. The summed E-state index contributed by atoms with van der Waals surface area (Å²) in [5.41, 5.74) is 14.1. The maximum absolute atomic E-state index is 2.89. The van der Waals surface area contributed by atoms with Gasteiger partial charge in [-0.15, -0.1) is 0 Å². The van der Waals surface area contributed by atoms with Crippen molar-refractivity contribution < 1.29 is 0 Å². The fourth-order valence-electron chi connectivity index (χ4n) is 11.8. The third-order valence-electron chi connectivity index (χ3n) is 13.9. The van der Waals surface area contributed by atoms with Gasteiger partial charge in [0.2, 0.25) is 0 Å². The largest absolute Gasteiger partial charge is 0.341 e. The lowest BCUT2D eigenvalue weighted by atomic mass is 9.67. The summed E-state index contributed by atoms with van der Waals surface area (Å²) in [6.45, 7) is 0. The molecule has 0 N–H and O–H groups in total. The molecule has 0 bridgehead atoms. The third-order valence-corrected chi connectivity index (χ3v) is 13.9. The van der Waals surface area contributed by atoms with E-state index in [1.165, 1.54) is 56.1 Å². The zero-order valence-electron chi connectivity index (χ0n) is 29.1. The maximum Gasteiger partial charge on any atom is 0.0594 e. The molecule has 0 spiro atoms. The quantitative estimate of drug-likeness (QED) is 0.321. The minimum absolute atomic E-state index is 0.390. The minimum Gasteiger partial charge on any atom is -0.341 e. The van der Waals surface area contributed by atoms with Gasteiger partial charge < -0.3 is 4.90 Å². The Morgan fingerprint density at radius 3 is 2.54 bits per heavy atom. The molecule has 0 saturated carbocycles. The summed E-state index contributed by atoms with van der Waals surface area (Å²) in [6.07, 6.45) is 53.2. The van der Waals surface area contributed by atoms with Gasteiger partial charge in [0.25, 0.3) is 0 Å². The summed E-state index contributed by atoms with van der Waals surface area (Å²) in [5, 5.41) is 0. The standard InChI is InChI=1S/C48H48N2/c1-2-12-33(13-3-1)49-45-20-10-8-18-40(45)42-25-22-32(29-48(42)49)31-23-27-47-44(28-31)41-19-9-11-21-46(41)50(47)34-24-26-39-37-16-5-4-14-35(37)36-15-6-7-17-38(36)43(39)30-34/h4-9,11-12,14-19,21,23-28,32,34-35,37,41,44,46-48H,1-3,10,13,20,22,29-30H2. The Balaban J connectivity index is 0.892. The van der Waals surface area contributed by atoms with Gasteiger partial charge in [-0.2, -0.15) is 0 Å². The van der Waals surface area contributed by atoms with Crippen LogP contribution < -0.4 is 0 Å². The van der Waals surface area contributed by atoms with Gasteiger partial charge in [-0.1, -0.05) is 128 Å². The molecule has 1 saturated heterocycles. The highest BCUT2D eigenvalue weighted by molar-refractivity contribution is 5.79. The molecular weight excluding hydrogens is 605 g/mol. The van der Waals surface area contributed by atoms with Crippen LogP contribution in [0.1, 0.15) is 74.8 Å². The minimum atomic E-state index is 0.390. The fourth-order valence-corrected chi connectivity index (χ4v) is 11.8. The van der Waals surface area contributed by atoms with Crippen LogP contribution in [0.2, 0.25) is 0 Å². The maximum atomic E-state index is 2.89. The van der Waals surface area contributed by atoms with Gasteiger partial charge in [0.15, 0.2) is 0 Å². The van der Waals surface area contributed by atoms with Crippen molar-refractivity contribution in [1.29, 1.82) is 0 Å². The number of rotatable bonds is 3. The smallest absolute Gasteiger partial charge is 0.0594 e. The summed E-state index contributed by atoms with van der Waals surface area (Å²) in [4.78, 5) is 5.72. The second kappa shape index (κ2) is 11.7. The van der Waals surface area contributed by atoms with Crippen molar-refractivity contribution in [2.75, 3.05) is 0 Å². The van der Waals surface area contributed by atoms with Crippen LogP contribution in [0.3, 0.4) is 0 Å². The lowest BCUT2D eigenvalue weighted by Crippen LogP contribution is -2.45. The van der Waals surface area contributed by atoms with E-state index in [-0.39, 0.29) is 0 Å². The van der Waals surface area contributed by atoms with Crippen molar-refractivity contribution in [3.63, 3.8) is 0 Å². The van der Waals surface area contributed by atoms with Crippen molar-refractivity contribution in [1.82, 2.24) is 9.80 Å². The van der Waals surface area contributed by atoms with Gasteiger partial charge in [-0.3, -0.25) is 4.90 Å². The zero-order chi connectivity index (χ0) is 32.8. The van der Waals surface area contributed by atoms with Gasteiger partial charge >= 0.3 is 0 Å². The monoisotopic (exact) mass is 652 g/mol. The van der Waals surface area contributed by atoms with E-state index in [4.69, 9.17) is 0 Å².